The van der Waals surface area contributed by atoms with Crippen molar-refractivity contribution in [1.82, 2.24) is 4.31 Å². The Morgan fingerprint density at radius 1 is 1.25 bits per heavy atom. The van der Waals surface area contributed by atoms with Gasteiger partial charge in [0.25, 0.3) is 0 Å². The minimum Gasteiger partial charge on any atom is -0.390 e. The molecule has 1 saturated heterocycles. The summed E-state index contributed by atoms with van der Waals surface area (Å²) >= 11 is 0. The summed E-state index contributed by atoms with van der Waals surface area (Å²) in [5.41, 5.74) is 6.21. The minimum absolute atomic E-state index is 0.0575. The van der Waals surface area contributed by atoms with Crippen LogP contribution in [0.3, 0.4) is 0 Å². The normalized spacial score (nSPS) is 25.1. The van der Waals surface area contributed by atoms with Gasteiger partial charge in [0.1, 0.15) is 0 Å². The summed E-state index contributed by atoms with van der Waals surface area (Å²) in [7, 11) is -3.62. The number of hydrogen-bond donors (Lipinski definition) is 2. The van der Waals surface area contributed by atoms with Crippen molar-refractivity contribution in [1.29, 1.82) is 0 Å². The zero-order chi connectivity index (χ0) is 15.1. The highest BCUT2D eigenvalue weighted by atomic mass is 32.2. The van der Waals surface area contributed by atoms with Gasteiger partial charge in [0.2, 0.25) is 10.0 Å². The van der Waals surface area contributed by atoms with Gasteiger partial charge in [-0.05, 0) is 17.0 Å². The maximum atomic E-state index is 12.8. The molecule has 0 amide bonds. The molecule has 1 heterocycles. The molecule has 1 aromatic rings. The van der Waals surface area contributed by atoms with Crippen molar-refractivity contribution in [3.8, 4) is 0 Å². The Balaban J connectivity index is 2.46. The van der Waals surface area contributed by atoms with Gasteiger partial charge < -0.3 is 10.8 Å². The summed E-state index contributed by atoms with van der Waals surface area (Å²) < 4.78 is 26.8. The van der Waals surface area contributed by atoms with Crippen molar-refractivity contribution in [2.75, 3.05) is 13.1 Å². The van der Waals surface area contributed by atoms with E-state index in [2.05, 4.69) is 0 Å². The number of rotatable bonds is 2. The Labute approximate surface area is 120 Å². The predicted molar refractivity (Wildman–Crippen MR) is 77.9 cm³/mol. The second-order valence-corrected chi connectivity index (χ2v) is 8.21. The van der Waals surface area contributed by atoms with Crippen molar-refractivity contribution in [2.45, 2.75) is 43.2 Å². The standard InChI is InChI=1S/C14H22N2O3S/c1-14(2,3)10-6-4-5-7-13(10)20(18,19)16-8-11(15)12(17)9-16/h4-7,11-12,17H,8-9,15H2,1-3H3. The van der Waals surface area contributed by atoms with Gasteiger partial charge in [-0.25, -0.2) is 8.42 Å². The topological polar surface area (TPSA) is 83.6 Å². The molecule has 0 aliphatic carbocycles. The third-order valence-electron chi connectivity index (χ3n) is 3.61. The van der Waals surface area contributed by atoms with Crippen LogP contribution in [0.1, 0.15) is 26.3 Å². The Bertz CT molecular complexity index is 583. The molecule has 1 aromatic carbocycles. The molecule has 6 heteroatoms. The molecule has 2 rings (SSSR count). The maximum Gasteiger partial charge on any atom is 0.243 e. The van der Waals surface area contributed by atoms with Crippen LogP contribution in [0, 0.1) is 0 Å². The molecule has 20 heavy (non-hydrogen) atoms. The first kappa shape index (κ1) is 15.4. The molecule has 2 atom stereocenters. The number of nitrogens with two attached hydrogens (primary N) is 1. The quantitative estimate of drug-likeness (QED) is 0.841. The minimum atomic E-state index is -3.62. The average Bonchev–Trinajstić information content (AvgIpc) is 2.69. The third kappa shape index (κ3) is 2.74. The van der Waals surface area contributed by atoms with Crippen LogP contribution in [-0.4, -0.2) is 43.1 Å². The molecule has 0 radical (unpaired) electrons. The second-order valence-electron chi connectivity index (χ2n) is 6.30. The molecule has 0 saturated carbocycles. The monoisotopic (exact) mass is 298 g/mol. The molecule has 0 bridgehead atoms. The molecule has 5 nitrogen and oxygen atoms in total. The first-order valence-electron chi connectivity index (χ1n) is 6.67. The molecule has 1 fully saturated rings. The second kappa shape index (κ2) is 5.11. The Kier molecular flexibility index (Phi) is 3.94. The lowest BCUT2D eigenvalue weighted by atomic mass is 9.87. The first-order chi connectivity index (χ1) is 9.14. The van der Waals surface area contributed by atoms with Crippen molar-refractivity contribution >= 4 is 10.0 Å². The van der Waals surface area contributed by atoms with Crippen molar-refractivity contribution in [3.63, 3.8) is 0 Å². The predicted octanol–water partition coefficient (Wildman–Crippen LogP) is 0.677. The number of aliphatic hydroxyl groups is 1. The van der Waals surface area contributed by atoms with Gasteiger partial charge in [0.15, 0.2) is 0 Å². The van der Waals surface area contributed by atoms with Crippen molar-refractivity contribution < 1.29 is 13.5 Å². The highest BCUT2D eigenvalue weighted by Gasteiger charge is 2.38. The fourth-order valence-corrected chi connectivity index (χ4v) is 4.32. The zero-order valence-corrected chi connectivity index (χ0v) is 12.9. The van der Waals surface area contributed by atoms with Crippen LogP contribution in [0.15, 0.2) is 29.2 Å². The van der Waals surface area contributed by atoms with Crippen LogP contribution in [-0.2, 0) is 15.4 Å². The van der Waals surface area contributed by atoms with Gasteiger partial charge in [0.05, 0.1) is 11.0 Å². The van der Waals surface area contributed by atoms with E-state index in [1.54, 1.807) is 12.1 Å². The van der Waals surface area contributed by atoms with E-state index < -0.39 is 22.2 Å². The van der Waals surface area contributed by atoms with Crippen LogP contribution in [0.2, 0.25) is 0 Å². The molecular weight excluding hydrogens is 276 g/mol. The van der Waals surface area contributed by atoms with E-state index in [4.69, 9.17) is 5.73 Å². The molecule has 112 valence electrons. The molecule has 3 N–H and O–H groups in total. The Morgan fingerprint density at radius 2 is 1.85 bits per heavy atom. The SMILES string of the molecule is CC(C)(C)c1ccccc1S(=O)(=O)N1CC(N)C(O)C1. The van der Waals surface area contributed by atoms with Crippen LogP contribution in [0.5, 0.6) is 0 Å². The lowest BCUT2D eigenvalue weighted by molar-refractivity contribution is 0.174. The summed E-state index contributed by atoms with van der Waals surface area (Å²) in [6.45, 7) is 6.15. The lowest BCUT2D eigenvalue weighted by Gasteiger charge is -2.25. The molecule has 1 aliphatic rings. The summed E-state index contributed by atoms with van der Waals surface area (Å²) in [6, 6.07) is 6.48. The number of nitrogens with zero attached hydrogens (tertiary/aromatic N) is 1. The van der Waals surface area contributed by atoms with Crippen LogP contribution in [0.4, 0.5) is 0 Å². The number of sulfonamides is 1. The molecule has 0 spiro atoms. The van der Waals surface area contributed by atoms with Gasteiger partial charge in [-0.1, -0.05) is 39.0 Å². The summed E-state index contributed by atoms with van der Waals surface area (Å²) in [4.78, 5) is 0.300. The van der Waals surface area contributed by atoms with Gasteiger partial charge in [-0.3, -0.25) is 0 Å². The third-order valence-corrected chi connectivity index (χ3v) is 5.50. The maximum absolute atomic E-state index is 12.8. The molecular formula is C14H22N2O3S. The Hall–Kier alpha value is -0.950. The fraction of sp³-hybridized carbons (Fsp3) is 0.571. The van der Waals surface area contributed by atoms with Gasteiger partial charge in [-0.15, -0.1) is 0 Å². The van der Waals surface area contributed by atoms with Crippen LogP contribution >= 0.6 is 0 Å². The smallest absolute Gasteiger partial charge is 0.243 e. The Morgan fingerprint density at radius 3 is 2.35 bits per heavy atom. The van der Waals surface area contributed by atoms with E-state index in [1.807, 2.05) is 32.9 Å². The summed E-state index contributed by atoms with van der Waals surface area (Å²) in [5, 5.41) is 9.68. The largest absolute Gasteiger partial charge is 0.390 e. The highest BCUT2D eigenvalue weighted by Crippen LogP contribution is 2.31. The molecule has 0 aromatic heterocycles. The number of hydrogen-bond acceptors (Lipinski definition) is 4. The first-order valence-corrected chi connectivity index (χ1v) is 8.11. The van der Waals surface area contributed by atoms with Gasteiger partial charge in [0, 0.05) is 19.1 Å². The zero-order valence-electron chi connectivity index (χ0n) is 12.1. The molecule has 1 aliphatic heterocycles. The highest BCUT2D eigenvalue weighted by molar-refractivity contribution is 7.89. The van der Waals surface area contributed by atoms with Gasteiger partial charge in [-0.2, -0.15) is 4.31 Å². The van der Waals surface area contributed by atoms with Crippen molar-refractivity contribution in [3.05, 3.63) is 29.8 Å². The van der Waals surface area contributed by atoms with E-state index in [-0.39, 0.29) is 18.5 Å². The summed E-state index contributed by atoms with van der Waals surface area (Å²) in [6.07, 6.45) is -0.799. The number of benzene rings is 1. The van der Waals surface area contributed by atoms with Gasteiger partial charge >= 0.3 is 0 Å². The fourth-order valence-electron chi connectivity index (χ4n) is 2.42. The number of β-amino-alcohol motifs (C(OH)–C–C–N with tert-alkyl or cyclic N) is 1. The average molecular weight is 298 g/mol. The van der Waals surface area contributed by atoms with E-state index in [0.717, 1.165) is 5.56 Å². The number of aliphatic hydroxyl groups excluding tert-OH is 1. The van der Waals surface area contributed by atoms with E-state index in [1.165, 1.54) is 4.31 Å². The van der Waals surface area contributed by atoms with Crippen LogP contribution < -0.4 is 5.73 Å². The van der Waals surface area contributed by atoms with Crippen LogP contribution in [0.25, 0.3) is 0 Å². The molecule has 2 unspecified atom stereocenters. The van der Waals surface area contributed by atoms with E-state index in [9.17, 15) is 13.5 Å². The summed E-state index contributed by atoms with van der Waals surface area (Å²) in [5.74, 6) is 0. The lowest BCUT2D eigenvalue weighted by Crippen LogP contribution is -2.34. The van der Waals surface area contributed by atoms with Crippen molar-refractivity contribution in [2.24, 2.45) is 5.73 Å². The van der Waals surface area contributed by atoms with E-state index in [0.29, 0.717) is 4.90 Å². The van der Waals surface area contributed by atoms with E-state index >= 15 is 0 Å².